The van der Waals surface area contributed by atoms with E-state index in [0.717, 1.165) is 6.42 Å². The smallest absolute Gasteiger partial charge is 0.0623 e. The van der Waals surface area contributed by atoms with E-state index in [2.05, 4.69) is 18.2 Å². The topological polar surface area (TPSA) is 35.2 Å². The molecule has 2 N–H and O–H groups in total. The van der Waals surface area contributed by atoms with Crippen molar-refractivity contribution < 1.29 is 4.74 Å². The summed E-state index contributed by atoms with van der Waals surface area (Å²) in [6, 6.07) is 7.28. The summed E-state index contributed by atoms with van der Waals surface area (Å²) in [6.07, 6.45) is 9.51. The minimum atomic E-state index is 0.273. The molecule has 2 heteroatoms. The first kappa shape index (κ1) is 11.9. The number of hydrogen-bond donors (Lipinski definition) is 1. The van der Waals surface area contributed by atoms with E-state index in [-0.39, 0.29) is 6.04 Å². The fraction of sp³-hybridized carbons (Fsp3) is 0.647. The van der Waals surface area contributed by atoms with Gasteiger partial charge in [-0.15, -0.1) is 0 Å². The van der Waals surface area contributed by atoms with Gasteiger partial charge < -0.3 is 10.5 Å². The maximum Gasteiger partial charge on any atom is 0.0623 e. The number of hydrogen-bond acceptors (Lipinski definition) is 2. The summed E-state index contributed by atoms with van der Waals surface area (Å²) in [5.41, 5.74) is 11.0. The summed E-state index contributed by atoms with van der Waals surface area (Å²) in [6.45, 7) is 0. The molecule has 4 rings (SSSR count). The van der Waals surface area contributed by atoms with Crippen LogP contribution in [0.4, 0.5) is 0 Å². The van der Waals surface area contributed by atoms with Crippen molar-refractivity contribution in [2.45, 2.75) is 63.2 Å². The van der Waals surface area contributed by atoms with E-state index in [9.17, 15) is 0 Å². The van der Waals surface area contributed by atoms with E-state index < -0.39 is 0 Å². The van der Waals surface area contributed by atoms with Crippen LogP contribution in [0.1, 0.15) is 42.4 Å². The van der Waals surface area contributed by atoms with Gasteiger partial charge in [0.05, 0.1) is 12.2 Å². The van der Waals surface area contributed by atoms with Crippen molar-refractivity contribution in [3.8, 4) is 0 Å². The van der Waals surface area contributed by atoms with E-state index in [1.54, 1.807) is 11.1 Å². The zero-order valence-electron chi connectivity index (χ0n) is 11.5. The van der Waals surface area contributed by atoms with Crippen LogP contribution in [0, 0.1) is 5.92 Å². The molecule has 3 aliphatic rings. The molecule has 0 saturated carbocycles. The van der Waals surface area contributed by atoms with Gasteiger partial charge in [0.15, 0.2) is 0 Å². The van der Waals surface area contributed by atoms with Crippen LogP contribution in [0.3, 0.4) is 0 Å². The third-order valence-corrected chi connectivity index (χ3v) is 5.34. The van der Waals surface area contributed by atoms with Crippen LogP contribution < -0.4 is 5.73 Å². The molecule has 1 aliphatic carbocycles. The normalized spacial score (nSPS) is 33.6. The molecular weight excluding hydrogens is 234 g/mol. The first-order valence-corrected chi connectivity index (χ1v) is 7.81. The van der Waals surface area contributed by atoms with Gasteiger partial charge in [-0.05, 0) is 61.6 Å². The highest BCUT2D eigenvalue weighted by Crippen LogP contribution is 2.40. The highest BCUT2D eigenvalue weighted by atomic mass is 16.5. The Labute approximate surface area is 115 Å². The van der Waals surface area contributed by atoms with Crippen molar-refractivity contribution in [2.75, 3.05) is 0 Å². The molecule has 0 radical (unpaired) electrons. The molecule has 19 heavy (non-hydrogen) atoms. The lowest BCUT2D eigenvalue weighted by Gasteiger charge is -2.25. The number of fused-ring (bicyclic) bond motifs is 3. The molecule has 102 valence electrons. The van der Waals surface area contributed by atoms with E-state index in [0.29, 0.717) is 18.1 Å². The molecule has 2 bridgehead atoms. The largest absolute Gasteiger partial charge is 0.375 e. The average molecular weight is 257 g/mol. The SMILES string of the molecule is NC(Cc1ccc2c(c1)CCC2)C1CC2CCC1O2. The first-order chi connectivity index (χ1) is 9.29. The summed E-state index contributed by atoms with van der Waals surface area (Å²) in [5, 5.41) is 0. The van der Waals surface area contributed by atoms with Gasteiger partial charge in [-0.2, -0.15) is 0 Å². The van der Waals surface area contributed by atoms with Gasteiger partial charge in [-0.3, -0.25) is 0 Å². The number of rotatable bonds is 3. The van der Waals surface area contributed by atoms with Crippen LogP contribution in [0.5, 0.6) is 0 Å². The second-order valence-electron chi connectivity index (χ2n) is 6.60. The predicted molar refractivity (Wildman–Crippen MR) is 76.1 cm³/mol. The molecule has 2 heterocycles. The molecule has 2 nitrogen and oxygen atoms in total. The maximum atomic E-state index is 6.46. The van der Waals surface area contributed by atoms with Crippen LogP contribution in [-0.2, 0) is 24.0 Å². The van der Waals surface area contributed by atoms with Crippen molar-refractivity contribution >= 4 is 0 Å². The van der Waals surface area contributed by atoms with Crippen LogP contribution in [0.2, 0.25) is 0 Å². The van der Waals surface area contributed by atoms with E-state index in [1.807, 2.05) is 0 Å². The molecule has 2 saturated heterocycles. The minimum Gasteiger partial charge on any atom is -0.375 e. The van der Waals surface area contributed by atoms with Gasteiger partial charge in [-0.1, -0.05) is 18.2 Å². The third-order valence-electron chi connectivity index (χ3n) is 5.34. The molecule has 4 unspecified atom stereocenters. The average Bonchev–Trinajstić information content (AvgIpc) is 3.13. The Bertz CT molecular complexity index is 484. The fourth-order valence-corrected chi connectivity index (χ4v) is 4.30. The number of ether oxygens (including phenoxy) is 1. The molecule has 0 amide bonds. The molecule has 2 aliphatic heterocycles. The van der Waals surface area contributed by atoms with Crippen molar-refractivity contribution in [1.82, 2.24) is 0 Å². The molecular formula is C17H23NO. The van der Waals surface area contributed by atoms with Gasteiger partial charge in [0.2, 0.25) is 0 Å². The Morgan fingerprint density at radius 1 is 1.21 bits per heavy atom. The Kier molecular flexibility index (Phi) is 2.89. The van der Waals surface area contributed by atoms with E-state index in [4.69, 9.17) is 10.5 Å². The van der Waals surface area contributed by atoms with Gasteiger partial charge in [-0.25, -0.2) is 0 Å². The Morgan fingerprint density at radius 2 is 2.11 bits per heavy atom. The lowest BCUT2D eigenvalue weighted by Crippen LogP contribution is -2.37. The van der Waals surface area contributed by atoms with Crippen molar-refractivity contribution in [3.63, 3.8) is 0 Å². The second-order valence-corrected chi connectivity index (χ2v) is 6.60. The van der Waals surface area contributed by atoms with Gasteiger partial charge in [0.25, 0.3) is 0 Å². The fourth-order valence-electron chi connectivity index (χ4n) is 4.30. The quantitative estimate of drug-likeness (QED) is 0.903. The monoisotopic (exact) mass is 257 g/mol. The molecule has 0 aromatic heterocycles. The number of aryl methyl sites for hydroxylation is 2. The standard InChI is InChI=1S/C17H23NO/c18-16(15-10-14-6-7-17(15)19-14)9-11-4-5-12-2-1-3-13(12)8-11/h4-5,8,14-17H,1-3,6-7,9-10,18H2. The van der Waals surface area contributed by atoms with Crippen molar-refractivity contribution in [2.24, 2.45) is 11.7 Å². The minimum absolute atomic E-state index is 0.273. The number of benzene rings is 1. The molecule has 1 aromatic rings. The van der Waals surface area contributed by atoms with Gasteiger partial charge in [0, 0.05) is 12.0 Å². The van der Waals surface area contributed by atoms with Crippen LogP contribution >= 0.6 is 0 Å². The first-order valence-electron chi connectivity index (χ1n) is 7.81. The summed E-state index contributed by atoms with van der Waals surface area (Å²) < 4.78 is 5.94. The Hall–Kier alpha value is -0.860. The summed E-state index contributed by atoms with van der Waals surface area (Å²) in [4.78, 5) is 0. The summed E-state index contributed by atoms with van der Waals surface area (Å²) >= 11 is 0. The van der Waals surface area contributed by atoms with Gasteiger partial charge in [0.1, 0.15) is 0 Å². The van der Waals surface area contributed by atoms with E-state index in [1.165, 1.54) is 44.1 Å². The maximum absolute atomic E-state index is 6.46. The van der Waals surface area contributed by atoms with Crippen LogP contribution in [0.15, 0.2) is 18.2 Å². The van der Waals surface area contributed by atoms with E-state index >= 15 is 0 Å². The van der Waals surface area contributed by atoms with Crippen LogP contribution in [0.25, 0.3) is 0 Å². The molecule has 2 fully saturated rings. The molecule has 1 aromatic carbocycles. The zero-order chi connectivity index (χ0) is 12.8. The Balaban J connectivity index is 1.46. The highest BCUT2D eigenvalue weighted by Gasteiger charge is 2.43. The van der Waals surface area contributed by atoms with Crippen LogP contribution in [-0.4, -0.2) is 18.2 Å². The second kappa shape index (κ2) is 4.60. The van der Waals surface area contributed by atoms with Crippen molar-refractivity contribution in [3.05, 3.63) is 34.9 Å². The molecule has 0 spiro atoms. The summed E-state index contributed by atoms with van der Waals surface area (Å²) in [5.74, 6) is 0.590. The summed E-state index contributed by atoms with van der Waals surface area (Å²) in [7, 11) is 0. The zero-order valence-corrected chi connectivity index (χ0v) is 11.5. The predicted octanol–water partition coefficient (Wildman–Crippen LogP) is 2.61. The molecule has 4 atom stereocenters. The Morgan fingerprint density at radius 3 is 2.89 bits per heavy atom. The lowest BCUT2D eigenvalue weighted by atomic mass is 9.82. The number of nitrogens with two attached hydrogens (primary N) is 1. The van der Waals surface area contributed by atoms with Crippen molar-refractivity contribution in [1.29, 1.82) is 0 Å². The lowest BCUT2D eigenvalue weighted by molar-refractivity contribution is 0.0885. The van der Waals surface area contributed by atoms with Gasteiger partial charge >= 0.3 is 0 Å². The highest BCUT2D eigenvalue weighted by molar-refractivity contribution is 5.35. The third kappa shape index (κ3) is 2.11.